The van der Waals surface area contributed by atoms with E-state index in [9.17, 15) is 9.59 Å². The second-order valence-corrected chi connectivity index (χ2v) is 11.2. The summed E-state index contributed by atoms with van der Waals surface area (Å²) in [6, 6.07) is 9.70. The van der Waals surface area contributed by atoms with Gasteiger partial charge in [0.2, 0.25) is 0 Å². The van der Waals surface area contributed by atoms with E-state index in [1.165, 1.54) is 11.3 Å². The Bertz CT molecular complexity index is 1210. The maximum absolute atomic E-state index is 12.6. The van der Waals surface area contributed by atoms with Gasteiger partial charge in [-0.2, -0.15) is 5.10 Å². The van der Waals surface area contributed by atoms with Crippen LogP contribution in [0, 0.1) is 5.92 Å². The van der Waals surface area contributed by atoms with E-state index >= 15 is 0 Å². The molecule has 186 valence electrons. The summed E-state index contributed by atoms with van der Waals surface area (Å²) >= 11 is 7.57. The van der Waals surface area contributed by atoms with Gasteiger partial charge < -0.3 is 14.4 Å². The van der Waals surface area contributed by atoms with E-state index in [1.54, 1.807) is 11.8 Å². The Morgan fingerprint density at radius 1 is 1.14 bits per heavy atom. The average Bonchev–Trinajstić information content (AvgIpc) is 3.25. The van der Waals surface area contributed by atoms with Crippen LogP contribution in [0.25, 0.3) is 20.5 Å². The number of carbonyl (C=O) groups excluding carboxylic acids is 2. The average molecular weight is 516 g/mol. The number of fused-ring (bicyclic) bond motifs is 1. The van der Waals surface area contributed by atoms with Gasteiger partial charge in [0, 0.05) is 28.4 Å². The second-order valence-electron chi connectivity index (χ2n) is 9.69. The number of carbonyl (C=O) groups is 2. The molecule has 0 spiro atoms. The highest BCUT2D eigenvalue weighted by Crippen LogP contribution is 2.37. The highest BCUT2D eigenvalue weighted by atomic mass is 35.5. The van der Waals surface area contributed by atoms with E-state index in [-0.39, 0.29) is 18.4 Å². The fraction of sp³-hybridized carbons (Fsp3) is 0.462. The molecule has 2 aromatic heterocycles. The number of benzene rings is 1. The lowest BCUT2D eigenvalue weighted by Crippen LogP contribution is -2.42. The molecule has 1 aliphatic heterocycles. The van der Waals surface area contributed by atoms with Gasteiger partial charge in [-0.3, -0.25) is 0 Å². The van der Waals surface area contributed by atoms with E-state index in [0.717, 1.165) is 45.5 Å². The first-order valence-corrected chi connectivity index (χ1v) is 13.0. The summed E-state index contributed by atoms with van der Waals surface area (Å²) < 4.78 is 11.5. The molecular formula is C26H30ClN3O4S. The molecule has 3 heterocycles. The van der Waals surface area contributed by atoms with Crippen molar-refractivity contribution >= 4 is 45.1 Å². The maximum Gasteiger partial charge on any atom is 0.410 e. The number of amides is 1. The number of rotatable bonds is 5. The number of piperidine rings is 1. The first-order valence-electron chi connectivity index (χ1n) is 11.8. The molecule has 1 fully saturated rings. The minimum absolute atomic E-state index is 0.246. The molecule has 0 aliphatic carbocycles. The molecule has 4 rings (SSSR count). The van der Waals surface area contributed by atoms with E-state index in [1.807, 2.05) is 45.0 Å². The Hall–Kier alpha value is -2.71. The minimum Gasteiger partial charge on any atom is -0.461 e. The molecule has 0 atom stereocenters. The fourth-order valence-electron chi connectivity index (χ4n) is 4.15. The SMILES string of the molecule is CCOC(=O)c1nnc(CC2CCN(C(=O)OC(C)(C)C)CC2)c2cc(-c3ccc(Cl)cc3)sc12. The third kappa shape index (κ3) is 6.11. The van der Waals surface area contributed by atoms with Crippen molar-refractivity contribution in [2.24, 2.45) is 5.92 Å². The van der Waals surface area contributed by atoms with E-state index in [2.05, 4.69) is 16.3 Å². The normalized spacial score (nSPS) is 14.8. The molecule has 1 aliphatic rings. The summed E-state index contributed by atoms with van der Waals surface area (Å²) in [6.07, 6.45) is 2.18. The number of hydrogen-bond donors (Lipinski definition) is 0. The molecule has 3 aromatic rings. The summed E-state index contributed by atoms with van der Waals surface area (Å²) in [4.78, 5) is 27.7. The standard InChI is InChI=1S/C26H30ClN3O4S/c1-5-33-24(31)22-23-19(15-21(35-23)17-6-8-18(27)9-7-17)20(28-29-22)14-16-10-12-30(13-11-16)25(32)34-26(2,3)4/h6-9,15-16H,5,10-14H2,1-4H3. The van der Waals surface area contributed by atoms with Gasteiger partial charge in [0.15, 0.2) is 5.69 Å². The van der Waals surface area contributed by atoms with Crippen LogP contribution in [-0.4, -0.2) is 52.5 Å². The maximum atomic E-state index is 12.6. The molecule has 1 amide bonds. The van der Waals surface area contributed by atoms with Gasteiger partial charge in [0.25, 0.3) is 0 Å². The third-order valence-electron chi connectivity index (χ3n) is 5.87. The molecule has 9 heteroatoms. The van der Waals surface area contributed by atoms with Crippen molar-refractivity contribution in [2.45, 2.75) is 52.6 Å². The monoisotopic (exact) mass is 515 g/mol. The molecule has 0 bridgehead atoms. The smallest absolute Gasteiger partial charge is 0.410 e. The number of aromatic nitrogens is 2. The van der Waals surface area contributed by atoms with Crippen LogP contribution >= 0.6 is 22.9 Å². The van der Waals surface area contributed by atoms with Crippen LogP contribution in [0.5, 0.6) is 0 Å². The van der Waals surface area contributed by atoms with Gasteiger partial charge in [-0.05, 0) is 76.6 Å². The number of nitrogens with zero attached hydrogens (tertiary/aromatic N) is 3. The fourth-order valence-corrected chi connectivity index (χ4v) is 5.43. The molecule has 0 N–H and O–H groups in total. The van der Waals surface area contributed by atoms with Crippen molar-refractivity contribution in [1.82, 2.24) is 15.1 Å². The van der Waals surface area contributed by atoms with Crippen LogP contribution in [-0.2, 0) is 15.9 Å². The van der Waals surface area contributed by atoms with Gasteiger partial charge in [-0.25, -0.2) is 9.59 Å². The second kappa shape index (κ2) is 10.5. The van der Waals surface area contributed by atoms with Crippen LogP contribution < -0.4 is 0 Å². The number of esters is 1. The summed E-state index contributed by atoms with van der Waals surface area (Å²) in [5.41, 5.74) is 1.62. The van der Waals surface area contributed by atoms with Gasteiger partial charge in [-0.1, -0.05) is 23.7 Å². The van der Waals surface area contributed by atoms with Crippen LogP contribution in [0.2, 0.25) is 5.02 Å². The van der Waals surface area contributed by atoms with Gasteiger partial charge in [0.1, 0.15) is 5.60 Å². The van der Waals surface area contributed by atoms with Crippen LogP contribution in [0.4, 0.5) is 4.79 Å². The molecule has 0 radical (unpaired) electrons. The topological polar surface area (TPSA) is 81.6 Å². The Morgan fingerprint density at radius 3 is 2.46 bits per heavy atom. The summed E-state index contributed by atoms with van der Waals surface area (Å²) in [6.45, 7) is 8.97. The summed E-state index contributed by atoms with van der Waals surface area (Å²) in [5.74, 6) is -0.106. The van der Waals surface area contributed by atoms with E-state index in [4.69, 9.17) is 21.1 Å². The predicted octanol–water partition coefficient (Wildman–Crippen LogP) is 6.38. The Balaban J connectivity index is 1.57. The zero-order valence-corrected chi connectivity index (χ0v) is 22.0. The van der Waals surface area contributed by atoms with Crippen LogP contribution in [0.15, 0.2) is 30.3 Å². The number of hydrogen-bond acceptors (Lipinski definition) is 7. The lowest BCUT2D eigenvalue weighted by Gasteiger charge is -2.33. The molecule has 1 aromatic carbocycles. The first kappa shape index (κ1) is 25.4. The lowest BCUT2D eigenvalue weighted by molar-refractivity contribution is 0.0184. The zero-order chi connectivity index (χ0) is 25.2. The largest absolute Gasteiger partial charge is 0.461 e. The minimum atomic E-state index is -0.503. The van der Waals surface area contributed by atoms with Crippen molar-refractivity contribution in [2.75, 3.05) is 19.7 Å². The van der Waals surface area contributed by atoms with Gasteiger partial charge >= 0.3 is 12.1 Å². The third-order valence-corrected chi connectivity index (χ3v) is 7.32. The molecule has 0 unspecified atom stereocenters. The van der Waals surface area contributed by atoms with Crippen molar-refractivity contribution in [3.05, 3.63) is 46.7 Å². The van der Waals surface area contributed by atoms with Gasteiger partial charge in [-0.15, -0.1) is 16.4 Å². The van der Waals surface area contributed by atoms with Crippen LogP contribution in [0.3, 0.4) is 0 Å². The van der Waals surface area contributed by atoms with Crippen molar-refractivity contribution in [3.63, 3.8) is 0 Å². The van der Waals surface area contributed by atoms with Gasteiger partial charge in [0.05, 0.1) is 17.0 Å². The molecular weight excluding hydrogens is 486 g/mol. The summed E-state index contributed by atoms with van der Waals surface area (Å²) in [5, 5.41) is 10.3. The van der Waals surface area contributed by atoms with Crippen LogP contribution in [0.1, 0.15) is 56.7 Å². The van der Waals surface area contributed by atoms with Crippen molar-refractivity contribution in [1.29, 1.82) is 0 Å². The lowest BCUT2D eigenvalue weighted by atomic mass is 9.91. The molecule has 35 heavy (non-hydrogen) atoms. The zero-order valence-electron chi connectivity index (χ0n) is 20.5. The Labute approximate surface area is 214 Å². The number of thiophene rings is 1. The number of halogens is 1. The Kier molecular flexibility index (Phi) is 7.62. The summed E-state index contributed by atoms with van der Waals surface area (Å²) in [7, 11) is 0. The van der Waals surface area contributed by atoms with E-state index in [0.29, 0.717) is 24.0 Å². The van der Waals surface area contributed by atoms with Crippen molar-refractivity contribution < 1.29 is 19.1 Å². The number of likely N-dealkylation sites (tertiary alicyclic amines) is 1. The van der Waals surface area contributed by atoms with E-state index < -0.39 is 11.6 Å². The molecule has 0 saturated carbocycles. The Morgan fingerprint density at radius 2 is 1.83 bits per heavy atom. The molecule has 7 nitrogen and oxygen atoms in total. The first-order chi connectivity index (χ1) is 16.6. The molecule has 1 saturated heterocycles. The predicted molar refractivity (Wildman–Crippen MR) is 138 cm³/mol. The van der Waals surface area contributed by atoms with Crippen molar-refractivity contribution in [3.8, 4) is 10.4 Å². The number of ether oxygens (including phenoxy) is 2. The highest BCUT2D eigenvalue weighted by molar-refractivity contribution is 7.22. The quantitative estimate of drug-likeness (QED) is 0.367. The highest BCUT2D eigenvalue weighted by Gasteiger charge is 2.28.